The van der Waals surface area contributed by atoms with Crippen molar-refractivity contribution in [1.82, 2.24) is 34.2 Å². The van der Waals surface area contributed by atoms with Crippen LogP contribution >= 0.6 is 0 Å². The first-order valence-corrected chi connectivity index (χ1v) is 7.77. The number of aryl methyl sites for hydroxylation is 2. The lowest BCUT2D eigenvalue weighted by molar-refractivity contribution is 0.361. The summed E-state index contributed by atoms with van der Waals surface area (Å²) in [4.78, 5) is 30.5. The van der Waals surface area contributed by atoms with E-state index in [1.165, 1.54) is 4.57 Å². The van der Waals surface area contributed by atoms with Gasteiger partial charge in [0.05, 0.1) is 12.6 Å². The van der Waals surface area contributed by atoms with Crippen LogP contribution in [0.5, 0.6) is 0 Å². The van der Waals surface area contributed by atoms with Gasteiger partial charge < -0.3 is 9.88 Å². The van der Waals surface area contributed by atoms with Crippen LogP contribution in [0.1, 0.15) is 25.7 Å². The number of fused-ring (bicyclic) bond motifs is 1. The fourth-order valence-electron chi connectivity index (χ4n) is 2.68. The summed E-state index contributed by atoms with van der Waals surface area (Å²) in [6.07, 6.45) is 3.68. The number of nitrogens with zero attached hydrogens (tertiary/aromatic N) is 5. The number of nitrogens with one attached hydrogen (secondary N) is 2. The minimum atomic E-state index is -0.467. The van der Waals surface area contributed by atoms with Crippen molar-refractivity contribution in [3.8, 4) is 0 Å². The van der Waals surface area contributed by atoms with Gasteiger partial charge in [0, 0.05) is 32.5 Å². The fourth-order valence-corrected chi connectivity index (χ4v) is 2.68. The SMILES string of the molecule is C[C@H]([C@@H](C)NCc1nc2c(c(=O)[nH]c(=O)n2C)n1C)n1cccn1. The van der Waals surface area contributed by atoms with Gasteiger partial charge in [0.15, 0.2) is 11.2 Å². The van der Waals surface area contributed by atoms with Gasteiger partial charge in [-0.3, -0.25) is 19.0 Å². The second kappa shape index (κ2) is 6.08. The Labute approximate surface area is 137 Å². The molecular weight excluding hydrogens is 310 g/mol. The predicted octanol–water partition coefficient (Wildman–Crippen LogP) is -0.104. The molecule has 0 fully saturated rings. The third-order valence-electron chi connectivity index (χ3n) is 4.48. The number of rotatable bonds is 5. The summed E-state index contributed by atoms with van der Waals surface area (Å²) in [6.45, 7) is 4.62. The van der Waals surface area contributed by atoms with Gasteiger partial charge in [0.2, 0.25) is 0 Å². The van der Waals surface area contributed by atoms with Gasteiger partial charge in [0.1, 0.15) is 5.82 Å². The van der Waals surface area contributed by atoms with Gasteiger partial charge in [-0.1, -0.05) is 0 Å². The summed E-state index contributed by atoms with van der Waals surface area (Å²) in [5.74, 6) is 0.691. The Balaban J connectivity index is 1.85. The highest BCUT2D eigenvalue weighted by Gasteiger charge is 2.17. The predicted molar refractivity (Wildman–Crippen MR) is 89.8 cm³/mol. The number of hydrogen-bond donors (Lipinski definition) is 2. The Bertz CT molecular complexity index is 964. The van der Waals surface area contributed by atoms with Crippen LogP contribution in [0.15, 0.2) is 28.0 Å². The summed E-state index contributed by atoms with van der Waals surface area (Å²) in [7, 11) is 3.36. The highest BCUT2D eigenvalue weighted by atomic mass is 16.2. The van der Waals surface area contributed by atoms with E-state index in [0.717, 1.165) is 0 Å². The first-order chi connectivity index (χ1) is 11.4. The summed E-state index contributed by atoms with van der Waals surface area (Å²) in [5, 5.41) is 7.65. The van der Waals surface area contributed by atoms with Gasteiger partial charge in [-0.2, -0.15) is 5.10 Å². The van der Waals surface area contributed by atoms with E-state index in [2.05, 4.69) is 34.2 Å². The van der Waals surface area contributed by atoms with Crippen LogP contribution in [0, 0.1) is 0 Å². The molecule has 128 valence electrons. The van der Waals surface area contributed by atoms with Crippen LogP contribution in [0.2, 0.25) is 0 Å². The highest BCUT2D eigenvalue weighted by molar-refractivity contribution is 5.70. The molecule has 0 aliphatic rings. The molecule has 0 radical (unpaired) electrons. The molecule has 0 bridgehead atoms. The van der Waals surface area contributed by atoms with E-state index in [-0.39, 0.29) is 12.1 Å². The van der Waals surface area contributed by atoms with Crippen molar-refractivity contribution in [2.24, 2.45) is 14.1 Å². The zero-order chi connectivity index (χ0) is 17.4. The van der Waals surface area contributed by atoms with Crippen LogP contribution in [0.3, 0.4) is 0 Å². The topological polar surface area (TPSA) is 103 Å². The molecule has 9 heteroatoms. The first kappa shape index (κ1) is 16.2. The third-order valence-corrected chi connectivity index (χ3v) is 4.48. The third kappa shape index (κ3) is 2.67. The summed E-state index contributed by atoms with van der Waals surface area (Å²) >= 11 is 0. The van der Waals surface area contributed by atoms with Crippen LogP contribution in [-0.4, -0.2) is 34.9 Å². The van der Waals surface area contributed by atoms with Crippen LogP contribution in [0.25, 0.3) is 11.2 Å². The zero-order valence-corrected chi connectivity index (χ0v) is 14.1. The smallest absolute Gasteiger partial charge is 0.324 e. The Morgan fingerprint density at radius 3 is 2.67 bits per heavy atom. The first-order valence-electron chi connectivity index (χ1n) is 7.77. The molecule has 0 aliphatic carbocycles. The lowest BCUT2D eigenvalue weighted by Crippen LogP contribution is -2.34. The molecule has 3 heterocycles. The minimum Gasteiger partial charge on any atom is -0.324 e. The van der Waals surface area contributed by atoms with Gasteiger partial charge in [-0.25, -0.2) is 9.78 Å². The molecule has 24 heavy (non-hydrogen) atoms. The molecule has 0 aliphatic heterocycles. The summed E-state index contributed by atoms with van der Waals surface area (Å²) in [6, 6.07) is 2.20. The quantitative estimate of drug-likeness (QED) is 0.679. The van der Waals surface area contributed by atoms with E-state index in [1.54, 1.807) is 24.9 Å². The van der Waals surface area contributed by atoms with Crippen LogP contribution in [0.4, 0.5) is 0 Å². The summed E-state index contributed by atoms with van der Waals surface area (Å²) in [5.41, 5.74) is -0.115. The van der Waals surface area contributed by atoms with Gasteiger partial charge >= 0.3 is 5.69 Å². The number of H-pyrrole nitrogens is 1. The lowest BCUT2D eigenvalue weighted by Gasteiger charge is -2.21. The second-order valence-corrected chi connectivity index (χ2v) is 5.97. The van der Waals surface area contributed by atoms with E-state index in [1.807, 2.05) is 16.9 Å². The van der Waals surface area contributed by atoms with Gasteiger partial charge in [-0.15, -0.1) is 0 Å². The maximum absolute atomic E-state index is 12.0. The van der Waals surface area contributed by atoms with Crippen molar-refractivity contribution in [3.63, 3.8) is 0 Å². The Morgan fingerprint density at radius 1 is 1.25 bits per heavy atom. The molecule has 0 spiro atoms. The van der Waals surface area contributed by atoms with Crippen molar-refractivity contribution < 1.29 is 0 Å². The number of hydrogen-bond acceptors (Lipinski definition) is 5. The molecule has 0 saturated heterocycles. The van der Waals surface area contributed by atoms with Crippen molar-refractivity contribution in [2.45, 2.75) is 32.5 Å². The molecule has 3 aromatic heterocycles. The van der Waals surface area contributed by atoms with Crippen LogP contribution < -0.4 is 16.6 Å². The van der Waals surface area contributed by atoms with Gasteiger partial charge in [-0.05, 0) is 19.9 Å². The molecule has 9 nitrogen and oxygen atoms in total. The number of aromatic nitrogens is 6. The molecule has 0 amide bonds. The standard InChI is InChI=1S/C15H21N7O2/c1-9(10(2)22-7-5-6-17-22)16-8-11-18-13-12(20(11)3)14(23)19-15(24)21(13)4/h5-7,9-10,16H,8H2,1-4H3,(H,19,23,24)/t9-,10-/m1/s1. The van der Waals surface area contributed by atoms with E-state index < -0.39 is 11.2 Å². The minimum absolute atomic E-state index is 0.145. The van der Waals surface area contributed by atoms with Crippen molar-refractivity contribution in [1.29, 1.82) is 0 Å². The monoisotopic (exact) mass is 331 g/mol. The van der Waals surface area contributed by atoms with Crippen molar-refractivity contribution in [3.05, 3.63) is 45.1 Å². The molecule has 3 rings (SSSR count). The fraction of sp³-hybridized carbons (Fsp3) is 0.467. The molecule has 3 aromatic rings. The average Bonchev–Trinajstić information content (AvgIpc) is 3.18. The Morgan fingerprint density at radius 2 is 2.00 bits per heavy atom. The van der Waals surface area contributed by atoms with E-state index in [9.17, 15) is 9.59 Å². The summed E-state index contributed by atoms with van der Waals surface area (Å²) < 4.78 is 4.95. The van der Waals surface area contributed by atoms with E-state index in [0.29, 0.717) is 23.5 Å². The van der Waals surface area contributed by atoms with Crippen molar-refractivity contribution in [2.75, 3.05) is 0 Å². The molecule has 2 atom stereocenters. The largest absolute Gasteiger partial charge is 0.329 e. The van der Waals surface area contributed by atoms with E-state index >= 15 is 0 Å². The highest BCUT2D eigenvalue weighted by Crippen LogP contribution is 2.12. The number of imidazole rings is 1. The van der Waals surface area contributed by atoms with E-state index in [4.69, 9.17) is 0 Å². The molecule has 0 saturated carbocycles. The average molecular weight is 331 g/mol. The normalized spacial score (nSPS) is 14.2. The Kier molecular flexibility index (Phi) is 4.10. The maximum atomic E-state index is 12.0. The zero-order valence-electron chi connectivity index (χ0n) is 14.1. The lowest BCUT2D eigenvalue weighted by atomic mass is 10.2. The van der Waals surface area contributed by atoms with Crippen molar-refractivity contribution >= 4 is 11.2 Å². The Hall–Kier alpha value is -2.68. The molecule has 0 unspecified atom stereocenters. The molecular formula is C15H21N7O2. The van der Waals surface area contributed by atoms with Crippen LogP contribution in [-0.2, 0) is 20.6 Å². The number of aromatic amines is 1. The second-order valence-electron chi connectivity index (χ2n) is 5.97. The molecule has 2 N–H and O–H groups in total. The van der Waals surface area contributed by atoms with Gasteiger partial charge in [0.25, 0.3) is 5.56 Å². The molecule has 0 aromatic carbocycles. The maximum Gasteiger partial charge on any atom is 0.329 e.